The second-order valence-corrected chi connectivity index (χ2v) is 19.2. The van der Waals surface area contributed by atoms with Gasteiger partial charge in [0.25, 0.3) is 0 Å². The van der Waals surface area contributed by atoms with Gasteiger partial charge in [0.1, 0.15) is 43.2 Å². The Bertz CT molecular complexity index is 1910. The molecule has 72 heavy (non-hydrogen) atoms. The third-order valence-electron chi connectivity index (χ3n) is 10.3. The van der Waals surface area contributed by atoms with E-state index in [1.807, 2.05) is 92.0 Å². The van der Waals surface area contributed by atoms with Crippen LogP contribution in [-0.4, -0.2) is 114 Å². The van der Waals surface area contributed by atoms with E-state index in [4.69, 9.17) is 18.5 Å². The maximum atomic E-state index is 13.0. The molecule has 1 aliphatic carbocycles. The summed E-state index contributed by atoms with van der Waals surface area (Å²) in [6, 6.07) is 0. The summed E-state index contributed by atoms with van der Waals surface area (Å²) in [5.74, 6) is -1.44. The molecule has 9 atom stereocenters. The summed E-state index contributed by atoms with van der Waals surface area (Å²) in [6.45, 7) is 2.74. The van der Waals surface area contributed by atoms with Gasteiger partial charge in [-0.1, -0.05) is 160 Å². The van der Waals surface area contributed by atoms with Crippen LogP contribution in [0.1, 0.15) is 123 Å². The van der Waals surface area contributed by atoms with E-state index in [-0.39, 0.29) is 19.3 Å². The summed E-state index contributed by atoms with van der Waals surface area (Å²) < 4.78 is 49.2. The van der Waals surface area contributed by atoms with Crippen molar-refractivity contribution in [2.24, 2.45) is 0 Å². The molecule has 0 aliphatic heterocycles. The summed E-state index contributed by atoms with van der Waals surface area (Å²) in [4.78, 5) is 54.3. The standard InChI is InChI=1S/C53H82O17P2/c1-3-5-7-8-9-10-11-12-13-14-15-16-17-20-23-26-29-32-36-40-46(55)66-42-45(43-67-72(64,65)70-53-50(59)48(57)49(58)52(51(53)60)69-71(61,62)63)68-47(56)41-37-33-30-27-24-21-18-19-22-25-28-31-35-39-44(54)38-34-6-4-2/h6,9-10,12-13,15-16,19-24,28-35,39,44-45,48-54,57-60H,3-5,7-8,11,14,17-18,25-27,36-38,40-43H2,1-2H3,(H,64,65)(H2,61,62,63)/b10-9-,13-12-,16-15-,22-19-,23-20-,24-21-,31-28+,32-29-,33-30-,34-6-,39-35+/t44?,45-,48?,49?,50?,51?,52-,53+/m1/s1. The van der Waals surface area contributed by atoms with E-state index >= 15 is 0 Å². The molecule has 0 aromatic carbocycles. The van der Waals surface area contributed by atoms with E-state index in [1.165, 1.54) is 19.3 Å². The molecule has 1 saturated carbocycles. The van der Waals surface area contributed by atoms with Crippen LogP contribution in [-0.2, 0) is 41.8 Å². The van der Waals surface area contributed by atoms with E-state index in [2.05, 4.69) is 47.9 Å². The first-order valence-corrected chi connectivity index (χ1v) is 27.9. The van der Waals surface area contributed by atoms with Crippen LogP contribution in [0.2, 0.25) is 0 Å². The smallest absolute Gasteiger partial charge is 0.462 e. The zero-order valence-electron chi connectivity index (χ0n) is 41.9. The van der Waals surface area contributed by atoms with Crippen LogP contribution in [0.25, 0.3) is 0 Å². The van der Waals surface area contributed by atoms with Crippen LogP contribution in [0, 0.1) is 0 Å². The molecule has 0 spiro atoms. The van der Waals surface area contributed by atoms with Gasteiger partial charge in [-0.25, -0.2) is 9.13 Å². The van der Waals surface area contributed by atoms with Crippen molar-refractivity contribution in [3.63, 3.8) is 0 Å². The van der Waals surface area contributed by atoms with Gasteiger partial charge in [0.2, 0.25) is 0 Å². The molecule has 0 radical (unpaired) electrons. The molecule has 19 heteroatoms. The molecule has 0 amide bonds. The quantitative estimate of drug-likeness (QED) is 0.00937. The number of allylic oxidation sites excluding steroid dienone is 20. The van der Waals surface area contributed by atoms with Gasteiger partial charge in [0.05, 0.1) is 12.7 Å². The average molecular weight is 1050 g/mol. The topological polar surface area (TPSA) is 276 Å². The molecule has 406 valence electrons. The lowest BCUT2D eigenvalue weighted by Gasteiger charge is -2.43. The van der Waals surface area contributed by atoms with Crippen LogP contribution in [0.4, 0.5) is 0 Å². The fraction of sp³-hybridized carbons (Fsp3) is 0.547. The molecule has 1 fully saturated rings. The molecule has 0 saturated heterocycles. The summed E-state index contributed by atoms with van der Waals surface area (Å²) in [7, 11) is -10.8. The molecular weight excluding hydrogens is 971 g/mol. The number of aliphatic hydroxyl groups is 5. The second kappa shape index (κ2) is 41.5. The Kier molecular flexibility index (Phi) is 38.1. The molecule has 0 aromatic heterocycles. The lowest BCUT2D eigenvalue weighted by Crippen LogP contribution is -2.64. The first kappa shape index (κ1) is 66.1. The largest absolute Gasteiger partial charge is 0.472 e. The number of esters is 2. The van der Waals surface area contributed by atoms with E-state index in [0.717, 1.165) is 44.9 Å². The molecule has 0 heterocycles. The van der Waals surface area contributed by atoms with Gasteiger partial charge in [-0.3, -0.25) is 23.2 Å². The molecule has 0 aromatic rings. The van der Waals surface area contributed by atoms with Crippen molar-refractivity contribution in [1.29, 1.82) is 0 Å². The lowest BCUT2D eigenvalue weighted by molar-refractivity contribution is -0.216. The van der Waals surface area contributed by atoms with Gasteiger partial charge in [-0.2, -0.15) is 0 Å². The average Bonchev–Trinajstić information content (AvgIpc) is 3.33. The van der Waals surface area contributed by atoms with Crippen LogP contribution < -0.4 is 0 Å². The van der Waals surface area contributed by atoms with Crippen molar-refractivity contribution < 1.29 is 82.0 Å². The molecule has 17 nitrogen and oxygen atoms in total. The second-order valence-electron chi connectivity index (χ2n) is 16.6. The Morgan fingerprint density at radius 2 is 1.00 bits per heavy atom. The molecule has 0 bridgehead atoms. The molecule has 6 unspecified atom stereocenters. The van der Waals surface area contributed by atoms with Gasteiger partial charge >= 0.3 is 27.6 Å². The molecule has 1 aliphatic rings. The van der Waals surface area contributed by atoms with Crippen molar-refractivity contribution in [3.8, 4) is 0 Å². The van der Waals surface area contributed by atoms with Crippen molar-refractivity contribution >= 4 is 27.6 Å². The fourth-order valence-electron chi connectivity index (χ4n) is 6.47. The van der Waals surface area contributed by atoms with Crippen LogP contribution in [0.5, 0.6) is 0 Å². The minimum absolute atomic E-state index is 0.0351. The maximum absolute atomic E-state index is 13.0. The van der Waals surface area contributed by atoms with E-state index in [0.29, 0.717) is 25.7 Å². The number of ether oxygens (including phenoxy) is 2. The molecule has 1 rings (SSSR count). The van der Waals surface area contributed by atoms with Gasteiger partial charge in [0.15, 0.2) is 6.10 Å². The lowest BCUT2D eigenvalue weighted by atomic mass is 9.85. The minimum Gasteiger partial charge on any atom is -0.462 e. The highest BCUT2D eigenvalue weighted by Gasteiger charge is 2.54. The Morgan fingerprint density at radius 1 is 0.528 bits per heavy atom. The third-order valence-corrected chi connectivity index (χ3v) is 11.8. The monoisotopic (exact) mass is 1050 g/mol. The minimum atomic E-state index is -5.39. The predicted octanol–water partition coefficient (Wildman–Crippen LogP) is 9.03. The van der Waals surface area contributed by atoms with Crippen molar-refractivity contribution in [2.75, 3.05) is 13.2 Å². The van der Waals surface area contributed by atoms with Crippen LogP contribution in [0.3, 0.4) is 0 Å². The highest BCUT2D eigenvalue weighted by Crippen LogP contribution is 2.49. The fourth-order valence-corrected chi connectivity index (χ4v) is 8.01. The Balaban J connectivity index is 2.70. The summed E-state index contributed by atoms with van der Waals surface area (Å²) >= 11 is 0. The number of hydrogen-bond acceptors (Lipinski definition) is 14. The molecule has 8 N–H and O–H groups in total. The molecular formula is C53H82O17P2. The van der Waals surface area contributed by atoms with Crippen molar-refractivity contribution in [1.82, 2.24) is 0 Å². The van der Waals surface area contributed by atoms with Gasteiger partial charge in [-0.05, 0) is 83.5 Å². The van der Waals surface area contributed by atoms with Crippen molar-refractivity contribution in [3.05, 3.63) is 134 Å². The zero-order valence-corrected chi connectivity index (χ0v) is 43.7. The zero-order chi connectivity index (χ0) is 53.3. The number of hydrogen-bond donors (Lipinski definition) is 8. The van der Waals surface area contributed by atoms with E-state index in [9.17, 15) is 58.9 Å². The predicted molar refractivity (Wildman–Crippen MR) is 279 cm³/mol. The summed E-state index contributed by atoms with van der Waals surface area (Å²) in [5, 5.41) is 51.1. The van der Waals surface area contributed by atoms with Crippen molar-refractivity contribution in [2.45, 2.75) is 172 Å². The number of carbonyl (C=O) groups excluding carboxylic acids is 2. The van der Waals surface area contributed by atoms with E-state index in [1.54, 1.807) is 12.2 Å². The summed E-state index contributed by atoms with van der Waals surface area (Å²) in [5.41, 5.74) is 0. The highest BCUT2D eigenvalue weighted by molar-refractivity contribution is 7.47. The van der Waals surface area contributed by atoms with Gasteiger partial charge in [0, 0.05) is 12.8 Å². The normalized spacial score (nSPS) is 22.3. The SMILES string of the molecule is CC/C=C\CC(O)/C=C/C=C/C/C=C\C/C=C\C/C=C\CCC(=O)O[C@H](COC(=O)CC/C=C\C/C=C\C/C=C\C/C=C\C/C=C\CCCCC)COP(=O)(O)O[C@H]1C(O)C(O)C(O)[C@@H](OP(=O)(O)O)C1O. The number of phosphoric acid groups is 2. The number of phosphoric ester groups is 2. The third kappa shape index (κ3) is 35.3. The Labute approximate surface area is 426 Å². The number of carbonyl (C=O) groups is 2. The number of unbranched alkanes of at least 4 members (excludes halogenated alkanes) is 3. The summed E-state index contributed by atoms with van der Waals surface area (Å²) in [6.07, 6.45) is 40.4. The van der Waals surface area contributed by atoms with E-state index < -0.39 is 89.6 Å². The first-order valence-electron chi connectivity index (χ1n) is 24.8. The number of aliphatic hydroxyl groups excluding tert-OH is 5. The first-order chi connectivity index (χ1) is 34.5. The van der Waals surface area contributed by atoms with Crippen LogP contribution >= 0.6 is 15.6 Å². The van der Waals surface area contributed by atoms with Gasteiger partial charge < -0.3 is 49.7 Å². The van der Waals surface area contributed by atoms with Gasteiger partial charge in [-0.15, -0.1) is 0 Å². The Morgan fingerprint density at radius 3 is 1.50 bits per heavy atom. The highest BCUT2D eigenvalue weighted by atomic mass is 31.2. The number of rotatable bonds is 39. The van der Waals surface area contributed by atoms with Crippen LogP contribution in [0.15, 0.2) is 134 Å². The maximum Gasteiger partial charge on any atom is 0.472 e. The Hall–Kier alpha value is -3.90.